The average molecular weight is 610 g/mol. The van der Waals surface area contributed by atoms with Gasteiger partial charge in [-0.2, -0.15) is 26.3 Å². The molecule has 220 valence electrons. The molecule has 4 aromatic rings. The molecule has 0 radical (unpaired) electrons. The topological polar surface area (TPSA) is 98.1 Å². The lowest BCUT2D eigenvalue weighted by Crippen LogP contribution is -2.24. The molecule has 1 heterocycles. The second-order valence-electron chi connectivity index (χ2n) is 8.57. The lowest BCUT2D eigenvalue weighted by molar-refractivity contribution is -0.138. The van der Waals surface area contributed by atoms with Gasteiger partial charge in [-0.1, -0.05) is 23.9 Å². The van der Waals surface area contributed by atoms with Gasteiger partial charge in [0, 0.05) is 11.3 Å². The first-order valence-corrected chi connectivity index (χ1v) is 13.0. The minimum absolute atomic E-state index is 0.0581. The highest BCUT2D eigenvalue weighted by Gasteiger charge is 2.34. The highest BCUT2D eigenvalue weighted by molar-refractivity contribution is 7.99. The third-order valence-corrected chi connectivity index (χ3v) is 6.68. The number of nitrogens with zero attached hydrogens (tertiary/aromatic N) is 3. The lowest BCUT2D eigenvalue weighted by atomic mass is 10.1. The molecule has 4 rings (SSSR count). The third-order valence-electron chi connectivity index (χ3n) is 5.75. The van der Waals surface area contributed by atoms with E-state index in [4.69, 9.17) is 4.74 Å². The molecule has 0 aliphatic heterocycles. The predicted molar refractivity (Wildman–Crippen MR) is 141 cm³/mol. The molecule has 2 amide bonds. The van der Waals surface area contributed by atoms with Crippen LogP contribution in [0.15, 0.2) is 78.0 Å². The van der Waals surface area contributed by atoms with Crippen LogP contribution in [0.1, 0.15) is 27.3 Å². The standard InChI is InChI=1S/C27H21F6N5O3S/c1-41-19-12-6-16(7-13-19)24(40)34-14-22-36-37-25(38(22)18-10-8-17(9-11-18)26(28,29)30)42-15-23(39)35-21-5-3-2-4-20(21)27(31,32)33/h2-13H,14-15H2,1H3,(H,34,40)(H,35,39). The van der Waals surface area contributed by atoms with E-state index in [1.165, 1.54) is 48.1 Å². The van der Waals surface area contributed by atoms with Crippen molar-refractivity contribution in [3.05, 3.63) is 95.3 Å². The Morgan fingerprint density at radius 1 is 0.881 bits per heavy atom. The molecule has 0 saturated carbocycles. The molecule has 0 fully saturated rings. The van der Waals surface area contributed by atoms with Gasteiger partial charge in [-0.15, -0.1) is 10.2 Å². The van der Waals surface area contributed by atoms with Gasteiger partial charge in [-0.3, -0.25) is 14.2 Å². The van der Waals surface area contributed by atoms with Crippen LogP contribution in [0.5, 0.6) is 5.75 Å². The number of amides is 2. The fraction of sp³-hybridized carbons (Fsp3) is 0.185. The number of carbonyl (C=O) groups is 2. The van der Waals surface area contributed by atoms with Crippen molar-refractivity contribution in [2.45, 2.75) is 24.1 Å². The number of hydrogen-bond donors (Lipinski definition) is 2. The molecule has 0 bridgehead atoms. The van der Waals surface area contributed by atoms with Gasteiger partial charge in [-0.05, 0) is 60.7 Å². The first kappa shape index (κ1) is 30.4. The minimum atomic E-state index is -4.69. The molecule has 0 saturated heterocycles. The number of hydrogen-bond acceptors (Lipinski definition) is 6. The van der Waals surface area contributed by atoms with Gasteiger partial charge in [0.1, 0.15) is 5.75 Å². The van der Waals surface area contributed by atoms with Crippen molar-refractivity contribution >= 4 is 29.3 Å². The molecule has 3 aromatic carbocycles. The number of ether oxygens (including phenoxy) is 1. The highest BCUT2D eigenvalue weighted by Crippen LogP contribution is 2.35. The van der Waals surface area contributed by atoms with Gasteiger partial charge in [0.2, 0.25) is 5.91 Å². The summed E-state index contributed by atoms with van der Waals surface area (Å²) in [5.41, 5.74) is -1.84. The molecule has 2 N–H and O–H groups in total. The summed E-state index contributed by atoms with van der Waals surface area (Å²) in [6.45, 7) is -0.190. The van der Waals surface area contributed by atoms with Gasteiger partial charge < -0.3 is 15.4 Å². The zero-order chi connectivity index (χ0) is 30.5. The van der Waals surface area contributed by atoms with Crippen LogP contribution in [-0.4, -0.2) is 39.4 Å². The summed E-state index contributed by atoms with van der Waals surface area (Å²) in [6, 6.07) is 14.8. The Balaban J connectivity index is 1.55. The van der Waals surface area contributed by atoms with E-state index in [0.717, 1.165) is 36.0 Å². The molecule has 42 heavy (non-hydrogen) atoms. The number of carbonyl (C=O) groups excluding carboxylic acids is 2. The van der Waals surface area contributed by atoms with E-state index in [0.29, 0.717) is 11.3 Å². The fourth-order valence-electron chi connectivity index (χ4n) is 3.73. The molecule has 0 aliphatic rings. The van der Waals surface area contributed by atoms with Gasteiger partial charge >= 0.3 is 12.4 Å². The number of alkyl halides is 6. The second kappa shape index (κ2) is 12.5. The first-order valence-electron chi connectivity index (χ1n) is 12.0. The summed E-state index contributed by atoms with van der Waals surface area (Å²) in [5.74, 6) is -0.990. The number of rotatable bonds is 9. The van der Waals surface area contributed by atoms with Crippen molar-refractivity contribution in [2.24, 2.45) is 0 Å². The number of methoxy groups -OCH3 is 1. The molecule has 0 atom stereocenters. The summed E-state index contributed by atoms with van der Waals surface area (Å²) in [7, 11) is 1.48. The predicted octanol–water partition coefficient (Wildman–Crippen LogP) is 5.97. The van der Waals surface area contributed by atoms with Crippen LogP contribution in [0.2, 0.25) is 0 Å². The van der Waals surface area contributed by atoms with Crippen LogP contribution in [0.25, 0.3) is 5.69 Å². The molecular formula is C27H21F6N5O3S. The third kappa shape index (κ3) is 7.40. The summed E-state index contributed by atoms with van der Waals surface area (Å²) >= 11 is 0.795. The van der Waals surface area contributed by atoms with Crippen LogP contribution in [0.3, 0.4) is 0 Å². The van der Waals surface area contributed by atoms with Crippen LogP contribution in [0, 0.1) is 0 Å². The quantitative estimate of drug-likeness (QED) is 0.179. The summed E-state index contributed by atoms with van der Waals surface area (Å²) in [5, 5.41) is 12.9. The Bertz CT molecular complexity index is 1550. The van der Waals surface area contributed by atoms with Crippen LogP contribution < -0.4 is 15.4 Å². The summed E-state index contributed by atoms with van der Waals surface area (Å²) < 4.78 is 85.6. The smallest absolute Gasteiger partial charge is 0.418 e. The number of thioether (sulfide) groups is 1. The highest BCUT2D eigenvalue weighted by atomic mass is 32.2. The van der Waals surface area contributed by atoms with E-state index >= 15 is 0 Å². The Hall–Kier alpha value is -4.53. The van der Waals surface area contributed by atoms with Crippen molar-refractivity contribution < 1.29 is 40.7 Å². The molecule has 1 aromatic heterocycles. The van der Waals surface area contributed by atoms with E-state index < -0.39 is 46.7 Å². The molecule has 0 unspecified atom stereocenters. The van der Waals surface area contributed by atoms with E-state index in [1.807, 2.05) is 0 Å². The maximum absolute atomic E-state index is 13.3. The Morgan fingerprint density at radius 2 is 1.55 bits per heavy atom. The lowest BCUT2D eigenvalue weighted by Gasteiger charge is -2.14. The monoisotopic (exact) mass is 609 g/mol. The SMILES string of the molecule is COc1ccc(C(=O)NCc2nnc(SCC(=O)Nc3ccccc3C(F)(F)F)n2-c2ccc(C(F)(F)F)cc2)cc1. The zero-order valence-electron chi connectivity index (χ0n) is 21.6. The summed E-state index contributed by atoms with van der Waals surface area (Å²) in [4.78, 5) is 25.2. The second-order valence-corrected chi connectivity index (χ2v) is 9.51. The number of aromatic nitrogens is 3. The fourth-order valence-corrected chi connectivity index (χ4v) is 4.50. The minimum Gasteiger partial charge on any atom is -0.497 e. The van der Waals surface area contributed by atoms with Gasteiger partial charge in [0.25, 0.3) is 5.91 Å². The number of para-hydroxylation sites is 1. The van der Waals surface area contributed by atoms with Crippen molar-refractivity contribution in [1.82, 2.24) is 20.1 Å². The molecule has 15 heteroatoms. The molecule has 0 aliphatic carbocycles. The molecule has 0 spiro atoms. The first-order chi connectivity index (χ1) is 19.9. The zero-order valence-corrected chi connectivity index (χ0v) is 22.4. The van der Waals surface area contributed by atoms with Crippen molar-refractivity contribution in [3.8, 4) is 11.4 Å². The van der Waals surface area contributed by atoms with Gasteiger partial charge in [0.05, 0.1) is 36.2 Å². The van der Waals surface area contributed by atoms with Crippen molar-refractivity contribution in [1.29, 1.82) is 0 Å². The molecule has 8 nitrogen and oxygen atoms in total. The van der Waals surface area contributed by atoms with Crippen molar-refractivity contribution in [3.63, 3.8) is 0 Å². The summed E-state index contributed by atoms with van der Waals surface area (Å²) in [6.07, 6.45) is -9.27. The maximum Gasteiger partial charge on any atom is 0.418 e. The van der Waals surface area contributed by atoms with Crippen LogP contribution in [0.4, 0.5) is 32.0 Å². The van der Waals surface area contributed by atoms with Crippen LogP contribution >= 0.6 is 11.8 Å². The Labute approximate surface area is 239 Å². The normalized spacial score (nSPS) is 11.7. The number of benzene rings is 3. The maximum atomic E-state index is 13.3. The Kier molecular flexibility index (Phi) is 9.09. The number of anilines is 1. The van der Waals surface area contributed by atoms with Crippen molar-refractivity contribution in [2.75, 3.05) is 18.2 Å². The van der Waals surface area contributed by atoms with E-state index in [2.05, 4.69) is 20.8 Å². The van der Waals surface area contributed by atoms with Gasteiger partial charge in [0.15, 0.2) is 11.0 Å². The van der Waals surface area contributed by atoms with E-state index in [1.54, 1.807) is 12.1 Å². The number of halogens is 6. The van der Waals surface area contributed by atoms with Gasteiger partial charge in [-0.25, -0.2) is 0 Å². The average Bonchev–Trinajstić information content (AvgIpc) is 3.37. The Morgan fingerprint density at radius 3 is 2.17 bits per heavy atom. The largest absolute Gasteiger partial charge is 0.497 e. The van der Waals surface area contributed by atoms with E-state index in [-0.39, 0.29) is 23.2 Å². The molecular weight excluding hydrogens is 588 g/mol. The van der Waals surface area contributed by atoms with Crippen LogP contribution in [-0.2, 0) is 23.7 Å². The number of nitrogens with one attached hydrogen (secondary N) is 2. The van der Waals surface area contributed by atoms with E-state index in [9.17, 15) is 35.9 Å².